The first-order valence-electron chi connectivity index (χ1n) is 8.96. The molecule has 0 unspecified atom stereocenters. The molecule has 0 fully saturated rings. The molecule has 3 rings (SSSR count). The molecule has 0 aliphatic rings. The van der Waals surface area contributed by atoms with Gasteiger partial charge >= 0.3 is 0 Å². The van der Waals surface area contributed by atoms with Crippen molar-refractivity contribution in [1.82, 2.24) is 4.57 Å². The third-order valence-electron chi connectivity index (χ3n) is 4.39. The van der Waals surface area contributed by atoms with Crippen molar-refractivity contribution in [1.29, 1.82) is 0 Å². The molecule has 31 heavy (non-hydrogen) atoms. The summed E-state index contributed by atoms with van der Waals surface area (Å²) in [6.45, 7) is 0.112. The number of aromatic nitrogens is 1. The molecular weight excluding hydrogens is 440 g/mol. The van der Waals surface area contributed by atoms with Crippen LogP contribution in [0.3, 0.4) is 0 Å². The van der Waals surface area contributed by atoms with Gasteiger partial charge in [0.15, 0.2) is 14.6 Å². The van der Waals surface area contributed by atoms with Gasteiger partial charge in [-0.25, -0.2) is 8.42 Å². The lowest BCUT2D eigenvalue weighted by Gasteiger charge is -2.08. The highest BCUT2D eigenvalue weighted by Gasteiger charge is 2.21. The second kappa shape index (κ2) is 9.24. The van der Waals surface area contributed by atoms with Gasteiger partial charge in [0.1, 0.15) is 33.2 Å². The predicted octanol–water partition coefficient (Wildman–Crippen LogP) is 2.26. The van der Waals surface area contributed by atoms with Crippen LogP contribution in [0.5, 0.6) is 17.2 Å². The van der Waals surface area contributed by atoms with Crippen LogP contribution in [-0.4, -0.2) is 46.0 Å². The molecular formula is C21H20N2O6S2. The number of thiazole rings is 1. The highest BCUT2D eigenvalue weighted by atomic mass is 32.2. The molecule has 0 spiro atoms. The number of benzene rings is 2. The van der Waals surface area contributed by atoms with Crippen molar-refractivity contribution in [3.05, 3.63) is 41.2 Å². The Morgan fingerprint density at radius 3 is 2.29 bits per heavy atom. The van der Waals surface area contributed by atoms with E-state index in [0.717, 1.165) is 11.3 Å². The second-order valence-electron chi connectivity index (χ2n) is 6.26. The first-order valence-corrected chi connectivity index (χ1v) is 11.4. The first-order chi connectivity index (χ1) is 14.8. The quantitative estimate of drug-likeness (QED) is 0.502. The summed E-state index contributed by atoms with van der Waals surface area (Å²) in [5, 5.41) is 0. The lowest BCUT2D eigenvalue weighted by molar-refractivity contribution is -0.115. The zero-order valence-electron chi connectivity index (χ0n) is 17.1. The summed E-state index contributed by atoms with van der Waals surface area (Å²) in [6, 6.07) is 9.25. The second-order valence-corrected chi connectivity index (χ2v) is 9.23. The van der Waals surface area contributed by atoms with Crippen molar-refractivity contribution >= 4 is 37.3 Å². The molecule has 0 saturated heterocycles. The van der Waals surface area contributed by atoms with Crippen LogP contribution in [0, 0.1) is 12.3 Å². The van der Waals surface area contributed by atoms with E-state index >= 15 is 0 Å². The largest absolute Gasteiger partial charge is 0.497 e. The maximum absolute atomic E-state index is 12.6. The van der Waals surface area contributed by atoms with Crippen LogP contribution in [0.15, 0.2) is 46.3 Å². The molecule has 0 bridgehead atoms. The maximum atomic E-state index is 12.6. The van der Waals surface area contributed by atoms with E-state index in [0.29, 0.717) is 27.5 Å². The van der Waals surface area contributed by atoms with Crippen LogP contribution in [0.25, 0.3) is 10.2 Å². The number of carbonyl (C=O) groups excluding carboxylic acids is 1. The van der Waals surface area contributed by atoms with Gasteiger partial charge in [0.05, 0.1) is 32.8 Å². The maximum Gasteiger partial charge on any atom is 0.263 e. The number of rotatable bonds is 7. The molecule has 3 aromatic rings. The van der Waals surface area contributed by atoms with Crippen LogP contribution >= 0.6 is 11.3 Å². The monoisotopic (exact) mass is 460 g/mol. The molecule has 8 nitrogen and oxygen atoms in total. The summed E-state index contributed by atoms with van der Waals surface area (Å²) < 4.78 is 43.4. The standard InChI is InChI=1S/C21H20N2O6S2/c1-5-12-23-19-16(28-3)10-11-17(29-4)20(19)30-21(23)22-18(24)13-31(25,26)15-8-6-14(27-2)7-9-15/h1,6-11H,12-13H2,2-4H3. The van der Waals surface area contributed by atoms with E-state index in [1.165, 1.54) is 45.6 Å². The van der Waals surface area contributed by atoms with Crippen molar-refractivity contribution in [2.45, 2.75) is 11.4 Å². The number of terminal acetylenes is 1. The van der Waals surface area contributed by atoms with E-state index in [4.69, 9.17) is 20.6 Å². The van der Waals surface area contributed by atoms with Crippen LogP contribution in [0.1, 0.15) is 0 Å². The Kier molecular flexibility index (Phi) is 6.68. The van der Waals surface area contributed by atoms with Crippen molar-refractivity contribution in [2.75, 3.05) is 27.1 Å². The van der Waals surface area contributed by atoms with Gasteiger partial charge in [-0.15, -0.1) is 6.42 Å². The average molecular weight is 461 g/mol. The Balaban J connectivity index is 2.05. The molecule has 10 heteroatoms. The number of methoxy groups -OCH3 is 3. The number of nitrogens with zero attached hydrogens (tertiary/aromatic N) is 2. The molecule has 2 aromatic carbocycles. The van der Waals surface area contributed by atoms with Crippen molar-refractivity contribution in [3.8, 4) is 29.6 Å². The molecule has 0 saturated carbocycles. The highest BCUT2D eigenvalue weighted by molar-refractivity contribution is 7.92. The smallest absolute Gasteiger partial charge is 0.263 e. The SMILES string of the molecule is C#CCn1c(=NC(=O)CS(=O)(=O)c2ccc(OC)cc2)sc2c(OC)ccc(OC)c21. The van der Waals surface area contributed by atoms with E-state index in [1.807, 2.05) is 0 Å². The Bertz CT molecular complexity index is 1330. The summed E-state index contributed by atoms with van der Waals surface area (Å²) in [4.78, 5) is 16.9. The third kappa shape index (κ3) is 4.57. The summed E-state index contributed by atoms with van der Waals surface area (Å²) >= 11 is 1.16. The van der Waals surface area contributed by atoms with Gasteiger partial charge in [0.25, 0.3) is 5.91 Å². The summed E-state index contributed by atoms with van der Waals surface area (Å²) in [5.41, 5.74) is 0.620. The fraction of sp³-hybridized carbons (Fsp3) is 0.238. The number of sulfone groups is 1. The molecule has 0 aliphatic heterocycles. The number of carbonyl (C=O) groups is 1. The van der Waals surface area contributed by atoms with Gasteiger partial charge in [-0.05, 0) is 36.4 Å². The minimum atomic E-state index is -3.88. The molecule has 0 atom stereocenters. The van der Waals surface area contributed by atoms with Gasteiger partial charge in [-0.2, -0.15) is 4.99 Å². The minimum Gasteiger partial charge on any atom is -0.497 e. The Morgan fingerprint density at radius 1 is 1.06 bits per heavy atom. The predicted molar refractivity (Wildman–Crippen MR) is 117 cm³/mol. The Hall–Kier alpha value is -3.29. The van der Waals surface area contributed by atoms with Crippen LogP contribution in [0.4, 0.5) is 0 Å². The molecule has 1 heterocycles. The molecule has 0 radical (unpaired) electrons. The van der Waals surface area contributed by atoms with E-state index in [1.54, 1.807) is 16.7 Å². The summed E-state index contributed by atoms with van der Waals surface area (Å²) in [6.07, 6.45) is 5.50. The van der Waals surface area contributed by atoms with Gasteiger partial charge < -0.3 is 18.8 Å². The summed E-state index contributed by atoms with van der Waals surface area (Å²) in [5.74, 6) is 2.53. The van der Waals surface area contributed by atoms with Crippen molar-refractivity contribution in [3.63, 3.8) is 0 Å². The first kappa shape index (κ1) is 22.4. The molecule has 0 N–H and O–H groups in total. The lowest BCUT2D eigenvalue weighted by atomic mass is 10.3. The van der Waals surface area contributed by atoms with Gasteiger partial charge in [0.2, 0.25) is 0 Å². The Labute approximate surface area is 183 Å². The fourth-order valence-corrected chi connectivity index (χ4v) is 5.21. The molecule has 0 aliphatic carbocycles. The Morgan fingerprint density at radius 2 is 1.71 bits per heavy atom. The highest BCUT2D eigenvalue weighted by Crippen LogP contribution is 2.35. The van der Waals surface area contributed by atoms with Crippen molar-refractivity contribution in [2.24, 2.45) is 4.99 Å². The van der Waals surface area contributed by atoms with E-state index in [9.17, 15) is 13.2 Å². The van der Waals surface area contributed by atoms with Crippen molar-refractivity contribution < 1.29 is 27.4 Å². The number of hydrogen-bond acceptors (Lipinski definition) is 7. The van der Waals surface area contributed by atoms with E-state index < -0.39 is 21.5 Å². The molecule has 162 valence electrons. The number of amides is 1. The number of ether oxygens (including phenoxy) is 3. The van der Waals surface area contributed by atoms with Crippen LogP contribution in [0.2, 0.25) is 0 Å². The minimum absolute atomic E-state index is 0.00744. The lowest BCUT2D eigenvalue weighted by Crippen LogP contribution is -2.21. The van der Waals surface area contributed by atoms with Crippen LogP contribution in [-0.2, 0) is 21.2 Å². The fourth-order valence-electron chi connectivity index (χ4n) is 2.95. The number of fused-ring (bicyclic) bond motifs is 1. The third-order valence-corrected chi connectivity index (χ3v) is 7.10. The van der Waals surface area contributed by atoms with Gasteiger partial charge in [0, 0.05) is 0 Å². The van der Waals surface area contributed by atoms with E-state index in [-0.39, 0.29) is 16.2 Å². The average Bonchev–Trinajstić information content (AvgIpc) is 3.11. The van der Waals surface area contributed by atoms with Gasteiger partial charge in [-0.3, -0.25) is 4.79 Å². The molecule has 1 amide bonds. The van der Waals surface area contributed by atoms with Gasteiger partial charge in [-0.1, -0.05) is 17.3 Å². The molecule has 1 aromatic heterocycles. The normalized spacial score (nSPS) is 11.9. The van der Waals surface area contributed by atoms with Crippen LogP contribution < -0.4 is 19.0 Å². The zero-order valence-corrected chi connectivity index (χ0v) is 18.7. The summed E-state index contributed by atoms with van der Waals surface area (Å²) in [7, 11) is 0.640. The topological polar surface area (TPSA) is 96.2 Å². The number of hydrogen-bond donors (Lipinski definition) is 0. The zero-order chi connectivity index (χ0) is 22.6. The van der Waals surface area contributed by atoms with E-state index in [2.05, 4.69) is 10.9 Å².